The first-order valence-corrected chi connectivity index (χ1v) is 9.70. The standard InChI is InChI=1S/C16H24N3O4S.BrH/c1-4-18-12(3)19(9-6-10-24(17,21)22)15-11-13(7-8-14(15)18)16(20)23-5-2;/h7-8,11H,4-6,9-10H2,1-3H3,(H2,17,21,22);1H/q+1;/p-1. The van der Waals surface area contributed by atoms with E-state index >= 15 is 0 Å². The number of primary sulfonamides is 1. The Morgan fingerprint density at radius 1 is 1.32 bits per heavy atom. The third kappa shape index (κ3) is 5.02. The number of carbonyl (C=O) groups excluding carboxylic acids is 1. The molecule has 0 radical (unpaired) electrons. The number of hydrogen-bond acceptors (Lipinski definition) is 4. The molecule has 0 aliphatic carbocycles. The maximum Gasteiger partial charge on any atom is 0.338 e. The monoisotopic (exact) mass is 433 g/mol. The maximum absolute atomic E-state index is 12.0. The van der Waals surface area contributed by atoms with Crippen LogP contribution in [0.25, 0.3) is 11.0 Å². The van der Waals surface area contributed by atoms with E-state index in [4.69, 9.17) is 9.88 Å². The molecule has 0 saturated heterocycles. The highest BCUT2D eigenvalue weighted by atomic mass is 79.9. The number of nitrogens with two attached hydrogens (primary N) is 1. The van der Waals surface area contributed by atoms with E-state index < -0.39 is 10.0 Å². The van der Waals surface area contributed by atoms with Crippen LogP contribution >= 0.6 is 0 Å². The fourth-order valence-corrected chi connectivity index (χ4v) is 3.44. The van der Waals surface area contributed by atoms with E-state index in [2.05, 4.69) is 4.57 Å². The Labute approximate surface area is 158 Å². The Bertz CT molecular complexity index is 862. The summed E-state index contributed by atoms with van der Waals surface area (Å²) in [5, 5.41) is 5.08. The molecule has 1 aromatic heterocycles. The Balaban J connectivity index is 0.00000312. The maximum atomic E-state index is 12.0. The number of hydrogen-bond donors (Lipinski definition) is 1. The number of ether oxygens (including phenoxy) is 1. The lowest BCUT2D eigenvalue weighted by Crippen LogP contribution is -3.00. The largest absolute Gasteiger partial charge is 1.00 e. The topological polar surface area (TPSA) is 95.3 Å². The summed E-state index contributed by atoms with van der Waals surface area (Å²) in [4.78, 5) is 12.0. The minimum Gasteiger partial charge on any atom is -1.00 e. The molecule has 7 nitrogen and oxygen atoms in total. The molecule has 1 heterocycles. The number of imidazole rings is 1. The SMILES string of the molecule is CCOC(=O)c1ccc2c(c1)n(CCCS(N)(=O)=O)c(C)[n+]2CC.[Br-]. The Hall–Kier alpha value is -1.45. The van der Waals surface area contributed by atoms with Gasteiger partial charge in [-0.05, 0) is 26.0 Å². The first-order valence-electron chi connectivity index (χ1n) is 7.98. The van der Waals surface area contributed by atoms with Gasteiger partial charge in [-0.25, -0.2) is 27.5 Å². The third-order valence-corrected chi connectivity index (χ3v) is 4.83. The van der Waals surface area contributed by atoms with Gasteiger partial charge in [0.15, 0.2) is 11.0 Å². The molecule has 0 amide bonds. The highest BCUT2D eigenvalue weighted by Crippen LogP contribution is 2.18. The molecule has 2 rings (SSSR count). The van der Waals surface area contributed by atoms with Crippen molar-refractivity contribution in [1.29, 1.82) is 0 Å². The van der Waals surface area contributed by atoms with Gasteiger partial charge in [0.05, 0.1) is 31.0 Å². The van der Waals surface area contributed by atoms with Gasteiger partial charge in [0.2, 0.25) is 10.0 Å². The smallest absolute Gasteiger partial charge is 0.338 e. The highest BCUT2D eigenvalue weighted by molar-refractivity contribution is 7.89. The molecular weight excluding hydrogens is 410 g/mol. The molecular formula is C16H24BrN3O4S. The second-order valence-corrected chi connectivity index (χ2v) is 7.32. The molecule has 0 fully saturated rings. The van der Waals surface area contributed by atoms with Crippen molar-refractivity contribution in [1.82, 2.24) is 4.57 Å². The van der Waals surface area contributed by atoms with Crippen LogP contribution in [0.5, 0.6) is 0 Å². The van der Waals surface area contributed by atoms with Gasteiger partial charge in [-0.2, -0.15) is 0 Å². The first-order chi connectivity index (χ1) is 11.3. The summed E-state index contributed by atoms with van der Waals surface area (Å²) in [6.45, 7) is 7.40. The van der Waals surface area contributed by atoms with Gasteiger partial charge >= 0.3 is 5.97 Å². The van der Waals surface area contributed by atoms with Gasteiger partial charge in [0, 0.05) is 19.4 Å². The molecule has 25 heavy (non-hydrogen) atoms. The lowest BCUT2D eigenvalue weighted by Gasteiger charge is -2.02. The van der Waals surface area contributed by atoms with E-state index in [0.29, 0.717) is 25.1 Å². The molecule has 0 spiro atoms. The number of rotatable bonds is 7. The van der Waals surface area contributed by atoms with Gasteiger partial charge in [0.1, 0.15) is 0 Å². The van der Waals surface area contributed by atoms with E-state index in [0.717, 1.165) is 23.4 Å². The summed E-state index contributed by atoms with van der Waals surface area (Å²) in [7, 11) is -3.48. The van der Waals surface area contributed by atoms with E-state index in [1.165, 1.54) is 0 Å². The number of nitrogens with zero attached hydrogens (tertiary/aromatic N) is 2. The van der Waals surface area contributed by atoms with Crippen LogP contribution in [0.15, 0.2) is 18.2 Å². The fourth-order valence-electron chi connectivity index (χ4n) is 2.91. The molecule has 0 saturated carbocycles. The molecule has 0 unspecified atom stereocenters. The van der Waals surface area contributed by atoms with Gasteiger partial charge in [-0.3, -0.25) is 0 Å². The van der Waals surface area contributed by atoms with Crippen molar-refractivity contribution in [3.63, 3.8) is 0 Å². The molecule has 0 aliphatic rings. The van der Waals surface area contributed by atoms with Crippen molar-refractivity contribution in [3.05, 3.63) is 29.6 Å². The van der Waals surface area contributed by atoms with E-state index in [1.807, 2.05) is 24.5 Å². The molecule has 0 bridgehead atoms. The zero-order valence-corrected chi connectivity index (χ0v) is 17.1. The van der Waals surface area contributed by atoms with Crippen molar-refractivity contribution in [2.75, 3.05) is 12.4 Å². The van der Waals surface area contributed by atoms with Crippen molar-refractivity contribution < 1.29 is 39.5 Å². The van der Waals surface area contributed by atoms with Crippen molar-refractivity contribution in [3.8, 4) is 0 Å². The van der Waals surface area contributed by atoms with Crippen LogP contribution in [0, 0.1) is 6.92 Å². The van der Waals surface area contributed by atoms with Gasteiger partial charge < -0.3 is 21.7 Å². The molecule has 2 N–H and O–H groups in total. The fraction of sp³-hybridized carbons (Fsp3) is 0.500. The molecule has 0 atom stereocenters. The molecule has 1 aromatic carbocycles. The molecule has 0 aliphatic heterocycles. The lowest BCUT2D eigenvalue weighted by atomic mass is 10.2. The van der Waals surface area contributed by atoms with Crippen LogP contribution in [0.2, 0.25) is 0 Å². The van der Waals surface area contributed by atoms with Crippen molar-refractivity contribution >= 4 is 27.0 Å². The Kier molecular flexibility index (Phi) is 7.58. The number of esters is 1. The van der Waals surface area contributed by atoms with E-state index in [9.17, 15) is 13.2 Å². The minimum atomic E-state index is -3.48. The van der Waals surface area contributed by atoms with Gasteiger partial charge in [-0.1, -0.05) is 0 Å². The normalized spacial score (nSPS) is 11.4. The Morgan fingerprint density at radius 2 is 2.00 bits per heavy atom. The number of benzene rings is 1. The van der Waals surface area contributed by atoms with Gasteiger partial charge in [-0.15, -0.1) is 0 Å². The zero-order valence-electron chi connectivity index (χ0n) is 14.7. The predicted molar refractivity (Wildman–Crippen MR) is 91.1 cm³/mol. The van der Waals surface area contributed by atoms with Crippen LogP contribution in [0.3, 0.4) is 0 Å². The molecule has 2 aromatic rings. The summed E-state index contributed by atoms with van der Waals surface area (Å²) < 4.78 is 31.5. The highest BCUT2D eigenvalue weighted by Gasteiger charge is 2.22. The summed E-state index contributed by atoms with van der Waals surface area (Å²) in [5.74, 6) is 0.566. The average Bonchev–Trinajstić information content (AvgIpc) is 2.77. The molecule has 140 valence electrons. The predicted octanol–water partition coefficient (Wildman–Crippen LogP) is -1.88. The van der Waals surface area contributed by atoms with Crippen LogP contribution < -0.4 is 26.7 Å². The number of aromatic nitrogens is 2. The van der Waals surface area contributed by atoms with E-state index in [-0.39, 0.29) is 28.7 Å². The van der Waals surface area contributed by atoms with E-state index in [1.54, 1.807) is 19.1 Å². The number of carbonyl (C=O) groups is 1. The summed E-state index contributed by atoms with van der Waals surface area (Å²) in [6.07, 6.45) is 0.413. The average molecular weight is 434 g/mol. The lowest BCUT2D eigenvalue weighted by molar-refractivity contribution is -0.675. The third-order valence-electron chi connectivity index (χ3n) is 3.98. The van der Waals surface area contributed by atoms with Crippen LogP contribution in [0.4, 0.5) is 0 Å². The van der Waals surface area contributed by atoms with Gasteiger partial charge in [0.25, 0.3) is 5.82 Å². The number of aryl methyl sites for hydroxylation is 2. The number of fused-ring (bicyclic) bond motifs is 1. The summed E-state index contributed by atoms with van der Waals surface area (Å²) >= 11 is 0. The van der Waals surface area contributed by atoms with Crippen molar-refractivity contribution in [2.45, 2.75) is 40.3 Å². The first kappa shape index (κ1) is 21.6. The number of sulfonamides is 1. The Morgan fingerprint density at radius 3 is 2.56 bits per heavy atom. The summed E-state index contributed by atoms with van der Waals surface area (Å²) in [6, 6.07) is 5.44. The molecule has 9 heteroatoms. The minimum absolute atomic E-state index is 0. The zero-order chi connectivity index (χ0) is 17.9. The number of halogens is 1. The quantitative estimate of drug-likeness (QED) is 0.408. The van der Waals surface area contributed by atoms with Crippen LogP contribution in [-0.2, 0) is 27.8 Å². The second kappa shape index (κ2) is 8.77. The van der Waals surface area contributed by atoms with Crippen LogP contribution in [0.1, 0.15) is 36.5 Å². The van der Waals surface area contributed by atoms with Crippen LogP contribution in [-0.4, -0.2) is 31.3 Å². The second-order valence-electron chi connectivity index (χ2n) is 5.59. The van der Waals surface area contributed by atoms with Crippen molar-refractivity contribution in [2.24, 2.45) is 5.14 Å². The summed E-state index contributed by atoms with van der Waals surface area (Å²) in [5.41, 5.74) is 2.37.